The van der Waals surface area contributed by atoms with Gasteiger partial charge >= 0.3 is 12.1 Å². The van der Waals surface area contributed by atoms with E-state index < -0.39 is 18.6 Å². The zero-order valence-corrected chi connectivity index (χ0v) is 17.6. The Balaban J connectivity index is 1.76. The van der Waals surface area contributed by atoms with Gasteiger partial charge in [-0.15, -0.1) is 11.8 Å². The molecule has 0 bridgehead atoms. The van der Waals surface area contributed by atoms with Gasteiger partial charge in [-0.1, -0.05) is 6.92 Å². The first kappa shape index (κ1) is 21.8. The van der Waals surface area contributed by atoms with Crippen molar-refractivity contribution in [3.63, 3.8) is 0 Å². The van der Waals surface area contributed by atoms with Crippen LogP contribution in [0.25, 0.3) is 22.4 Å². The Morgan fingerprint density at radius 3 is 2.55 bits per heavy atom. The first-order valence-electron chi connectivity index (χ1n) is 9.67. The van der Waals surface area contributed by atoms with Crippen LogP contribution in [0.2, 0.25) is 0 Å². The molecule has 3 aromatic heterocycles. The molecular formula is C20H20F5N4OS+. The van der Waals surface area contributed by atoms with Gasteiger partial charge in [-0.05, 0) is 36.6 Å². The Morgan fingerprint density at radius 1 is 1.19 bits per heavy atom. The standard InChI is InChI=1S/C20H20F5N4OS/c1-3-31-17-6-13(12-4-5-12)9-29(30-2)18(17)15-7-14-16(8-26-15)28(11-27-14)10-19(21,22)20(23,24)25/h6-9,11-12H,3-5,10H2,1-2H3/q+1. The zero-order chi connectivity index (χ0) is 22.4. The molecule has 0 aliphatic heterocycles. The average molecular weight is 459 g/mol. The van der Waals surface area contributed by atoms with Gasteiger partial charge in [0.05, 0.1) is 35.0 Å². The van der Waals surface area contributed by atoms with Gasteiger partial charge in [0, 0.05) is 10.3 Å². The summed E-state index contributed by atoms with van der Waals surface area (Å²) >= 11 is 1.62. The molecule has 3 heterocycles. The summed E-state index contributed by atoms with van der Waals surface area (Å²) < 4.78 is 67.1. The van der Waals surface area contributed by atoms with Crippen LogP contribution in [0.5, 0.6) is 0 Å². The first-order valence-corrected chi connectivity index (χ1v) is 10.7. The molecule has 3 aromatic rings. The number of alkyl halides is 5. The average Bonchev–Trinajstić information content (AvgIpc) is 3.49. The normalized spacial score (nSPS) is 14.9. The monoisotopic (exact) mass is 459 g/mol. The SMILES string of the molecule is CCSc1cc(C2CC2)c[n+](OC)c1-c1cc2ncn(CC(F)(F)C(F)(F)F)c2cn1. The van der Waals surface area contributed by atoms with Crippen LogP contribution in [0, 0.1) is 0 Å². The quantitative estimate of drug-likeness (QED) is 0.294. The molecule has 0 aromatic carbocycles. The van der Waals surface area contributed by atoms with E-state index in [9.17, 15) is 22.0 Å². The van der Waals surface area contributed by atoms with Crippen LogP contribution in [0.15, 0.2) is 35.7 Å². The molecule has 31 heavy (non-hydrogen) atoms. The zero-order valence-electron chi connectivity index (χ0n) is 16.8. The molecule has 0 atom stereocenters. The van der Waals surface area contributed by atoms with E-state index in [2.05, 4.69) is 16.0 Å². The molecule has 5 nitrogen and oxygen atoms in total. The largest absolute Gasteiger partial charge is 0.455 e. The molecule has 0 unspecified atom stereocenters. The van der Waals surface area contributed by atoms with Crippen LogP contribution in [0.3, 0.4) is 0 Å². The number of thioether (sulfide) groups is 1. The molecule has 11 heteroatoms. The highest BCUT2D eigenvalue weighted by molar-refractivity contribution is 7.99. The van der Waals surface area contributed by atoms with E-state index in [0.29, 0.717) is 17.3 Å². The fraction of sp³-hybridized carbons (Fsp3) is 0.450. The van der Waals surface area contributed by atoms with Crippen LogP contribution >= 0.6 is 11.8 Å². The van der Waals surface area contributed by atoms with E-state index in [0.717, 1.165) is 34.4 Å². The topological polar surface area (TPSA) is 43.8 Å². The number of pyridine rings is 2. The molecule has 0 spiro atoms. The van der Waals surface area contributed by atoms with Gasteiger partial charge < -0.3 is 4.57 Å². The second kappa shape index (κ2) is 7.92. The van der Waals surface area contributed by atoms with Crippen LogP contribution < -0.4 is 9.57 Å². The molecule has 0 saturated heterocycles. The third-order valence-electron chi connectivity index (χ3n) is 5.10. The Hall–Kier alpha value is -2.43. The van der Waals surface area contributed by atoms with Gasteiger partial charge in [0.15, 0.2) is 0 Å². The number of nitrogens with zero attached hydrogens (tertiary/aromatic N) is 4. The van der Waals surface area contributed by atoms with E-state index in [-0.39, 0.29) is 11.0 Å². The third kappa shape index (κ3) is 4.19. The molecule has 1 fully saturated rings. The molecule has 0 N–H and O–H groups in total. The highest BCUT2D eigenvalue weighted by Gasteiger charge is 2.57. The summed E-state index contributed by atoms with van der Waals surface area (Å²) in [7, 11) is 1.53. The lowest BCUT2D eigenvalue weighted by Gasteiger charge is -2.20. The minimum Gasteiger partial charge on any atom is -0.323 e. The molecule has 0 amide bonds. The summed E-state index contributed by atoms with van der Waals surface area (Å²) in [6, 6.07) is 3.67. The van der Waals surface area contributed by atoms with Crippen molar-refractivity contribution in [1.82, 2.24) is 14.5 Å². The fourth-order valence-corrected chi connectivity index (χ4v) is 4.23. The van der Waals surface area contributed by atoms with Crippen LogP contribution in [0.1, 0.15) is 31.2 Å². The number of hydrogen-bond acceptors (Lipinski definition) is 4. The van der Waals surface area contributed by atoms with Crippen LogP contribution in [0.4, 0.5) is 22.0 Å². The van der Waals surface area contributed by atoms with Gasteiger partial charge in [0.25, 0.3) is 5.69 Å². The van der Waals surface area contributed by atoms with Crippen molar-refractivity contribution in [1.29, 1.82) is 0 Å². The lowest BCUT2D eigenvalue weighted by molar-refractivity contribution is -0.878. The van der Waals surface area contributed by atoms with Crippen LogP contribution in [-0.2, 0) is 6.54 Å². The smallest absolute Gasteiger partial charge is 0.323 e. The Bertz CT molecular complexity index is 1110. The predicted octanol–water partition coefficient (Wildman–Crippen LogP) is 4.63. The molecule has 166 valence electrons. The highest BCUT2D eigenvalue weighted by atomic mass is 32.2. The summed E-state index contributed by atoms with van der Waals surface area (Å²) in [5.74, 6) is -3.55. The molecule has 4 rings (SSSR count). The van der Waals surface area contributed by atoms with Crippen molar-refractivity contribution in [2.75, 3.05) is 12.9 Å². The van der Waals surface area contributed by atoms with Crippen molar-refractivity contribution < 1.29 is 31.5 Å². The maximum Gasteiger partial charge on any atom is 0.455 e. The van der Waals surface area contributed by atoms with Crippen molar-refractivity contribution in [2.24, 2.45) is 0 Å². The van der Waals surface area contributed by atoms with Gasteiger partial charge in [-0.25, -0.2) is 9.97 Å². The third-order valence-corrected chi connectivity index (χ3v) is 6.01. The summed E-state index contributed by atoms with van der Waals surface area (Å²) in [6.45, 7) is 0.466. The van der Waals surface area contributed by atoms with E-state index >= 15 is 0 Å². The van der Waals surface area contributed by atoms with E-state index in [1.165, 1.54) is 18.9 Å². The van der Waals surface area contributed by atoms with Crippen LogP contribution in [-0.4, -0.2) is 39.5 Å². The van der Waals surface area contributed by atoms with Crippen molar-refractivity contribution in [2.45, 2.75) is 49.2 Å². The van der Waals surface area contributed by atoms with E-state index in [4.69, 9.17) is 4.84 Å². The van der Waals surface area contributed by atoms with Gasteiger partial charge in [0.1, 0.15) is 12.8 Å². The molecule has 1 aliphatic rings. The minimum atomic E-state index is -5.64. The lowest BCUT2D eigenvalue weighted by atomic mass is 10.1. The number of imidazole rings is 1. The number of halogens is 5. The van der Waals surface area contributed by atoms with Crippen molar-refractivity contribution in [3.8, 4) is 11.4 Å². The maximum atomic E-state index is 13.5. The second-order valence-corrected chi connectivity index (χ2v) is 8.64. The fourth-order valence-electron chi connectivity index (χ4n) is 3.37. The van der Waals surface area contributed by atoms with E-state index in [1.54, 1.807) is 22.6 Å². The predicted molar refractivity (Wildman–Crippen MR) is 105 cm³/mol. The summed E-state index contributed by atoms with van der Waals surface area (Å²) in [6.07, 6.45) is 0.752. The number of aromatic nitrogens is 4. The number of fused-ring (bicyclic) bond motifs is 1. The van der Waals surface area contributed by atoms with E-state index in [1.807, 2.05) is 13.1 Å². The first-order chi connectivity index (χ1) is 14.6. The highest BCUT2D eigenvalue weighted by Crippen LogP contribution is 2.42. The van der Waals surface area contributed by atoms with Crippen molar-refractivity contribution >= 4 is 22.8 Å². The Labute approximate surface area is 179 Å². The number of rotatable bonds is 7. The molecule has 1 aliphatic carbocycles. The van der Waals surface area contributed by atoms with Crippen molar-refractivity contribution in [3.05, 3.63) is 36.4 Å². The number of hydrogen-bond donors (Lipinski definition) is 0. The second-order valence-electron chi connectivity index (χ2n) is 7.33. The molecule has 1 saturated carbocycles. The van der Waals surface area contributed by atoms with Gasteiger partial charge in [0.2, 0.25) is 6.20 Å². The molecule has 0 radical (unpaired) electrons. The minimum absolute atomic E-state index is 0.0935. The Morgan fingerprint density at radius 2 is 1.94 bits per heavy atom. The van der Waals surface area contributed by atoms with Gasteiger partial charge in [-0.3, -0.25) is 4.84 Å². The Kier molecular flexibility index (Phi) is 5.57. The lowest BCUT2D eigenvalue weighted by Crippen LogP contribution is -2.43. The summed E-state index contributed by atoms with van der Waals surface area (Å²) in [4.78, 5) is 14.9. The maximum absolute atomic E-state index is 13.5. The summed E-state index contributed by atoms with van der Waals surface area (Å²) in [5.41, 5.74) is 2.69. The molecular weight excluding hydrogens is 439 g/mol. The summed E-state index contributed by atoms with van der Waals surface area (Å²) in [5, 5.41) is 0. The van der Waals surface area contributed by atoms with Gasteiger partial charge in [-0.2, -0.15) is 22.0 Å².